The van der Waals surface area contributed by atoms with Crippen molar-refractivity contribution in [3.05, 3.63) is 15.0 Å². The summed E-state index contributed by atoms with van der Waals surface area (Å²) in [6.45, 7) is 3.16. The topological polar surface area (TPSA) is 44.1 Å². The Morgan fingerprint density at radius 1 is 1.61 bits per heavy atom. The smallest absolute Gasteiger partial charge is 0.309 e. The molecule has 0 saturated carbocycles. The van der Waals surface area contributed by atoms with Crippen molar-refractivity contribution < 1.29 is 9.53 Å². The molecule has 0 aromatic carbocycles. The predicted molar refractivity (Wildman–Crippen MR) is 77.4 cm³/mol. The molecule has 1 aliphatic carbocycles. The van der Waals surface area contributed by atoms with E-state index in [1.807, 2.05) is 0 Å². The van der Waals surface area contributed by atoms with Crippen molar-refractivity contribution in [2.75, 3.05) is 7.11 Å². The van der Waals surface area contributed by atoms with E-state index in [-0.39, 0.29) is 11.9 Å². The third-order valence-electron chi connectivity index (χ3n) is 3.51. The fourth-order valence-electron chi connectivity index (χ4n) is 2.41. The summed E-state index contributed by atoms with van der Waals surface area (Å²) >= 11 is 2.38. The molecule has 1 aliphatic rings. The fraction of sp³-hybridized carbons (Fsp3) is 0.692. The zero-order valence-electron chi connectivity index (χ0n) is 10.9. The van der Waals surface area contributed by atoms with Crippen molar-refractivity contribution >= 4 is 28.6 Å². The van der Waals surface area contributed by atoms with Crippen LogP contribution in [0.2, 0.25) is 0 Å². The van der Waals surface area contributed by atoms with Gasteiger partial charge in [0, 0.05) is 18.5 Å². The molecule has 1 heterocycles. The molecule has 1 aromatic heterocycles. The highest BCUT2D eigenvalue weighted by molar-refractivity contribution is 14.1. The highest BCUT2D eigenvalue weighted by atomic mass is 127. The maximum Gasteiger partial charge on any atom is 0.309 e. The molecule has 4 nitrogen and oxygen atoms in total. The number of aromatic nitrogens is 2. The molecule has 5 heteroatoms. The third kappa shape index (κ3) is 2.70. The number of esters is 1. The molecule has 0 unspecified atom stereocenters. The van der Waals surface area contributed by atoms with Crippen LogP contribution in [0, 0.1) is 9.62 Å². The molecule has 1 atom stereocenters. The number of carbonyl (C=O) groups is 1. The average Bonchev–Trinajstić information content (AvgIpc) is 2.71. The highest BCUT2D eigenvalue weighted by Gasteiger charge is 2.29. The Morgan fingerprint density at radius 3 is 3.06 bits per heavy atom. The van der Waals surface area contributed by atoms with Crippen LogP contribution in [0.5, 0.6) is 0 Å². The quantitative estimate of drug-likeness (QED) is 0.611. The Labute approximate surface area is 121 Å². The van der Waals surface area contributed by atoms with Crippen LogP contribution in [-0.2, 0) is 28.9 Å². The number of halogens is 1. The number of ether oxygens (including phenoxy) is 1. The van der Waals surface area contributed by atoms with Crippen molar-refractivity contribution in [1.82, 2.24) is 9.78 Å². The zero-order chi connectivity index (χ0) is 13.1. The molecule has 2 rings (SSSR count). The first-order chi connectivity index (χ1) is 8.67. The highest BCUT2D eigenvalue weighted by Crippen LogP contribution is 2.29. The van der Waals surface area contributed by atoms with Gasteiger partial charge in [0.05, 0.1) is 18.7 Å². The van der Waals surface area contributed by atoms with E-state index in [1.54, 1.807) is 0 Å². The summed E-state index contributed by atoms with van der Waals surface area (Å²) < 4.78 is 8.17. The van der Waals surface area contributed by atoms with Gasteiger partial charge in [-0.15, -0.1) is 0 Å². The van der Waals surface area contributed by atoms with Gasteiger partial charge in [-0.05, 0) is 41.9 Å². The minimum absolute atomic E-state index is 0.00664. The van der Waals surface area contributed by atoms with Gasteiger partial charge < -0.3 is 4.74 Å². The van der Waals surface area contributed by atoms with Crippen molar-refractivity contribution in [3.63, 3.8) is 0 Å². The van der Waals surface area contributed by atoms with Gasteiger partial charge in [-0.25, -0.2) is 0 Å². The van der Waals surface area contributed by atoms with E-state index >= 15 is 0 Å². The molecule has 0 N–H and O–H groups in total. The molecular weight excluding hydrogens is 343 g/mol. The second-order valence-electron chi connectivity index (χ2n) is 4.76. The van der Waals surface area contributed by atoms with Gasteiger partial charge in [-0.1, -0.05) is 13.3 Å². The summed E-state index contributed by atoms with van der Waals surface area (Å²) in [5.41, 5.74) is 2.43. The zero-order valence-corrected chi connectivity index (χ0v) is 13.1. The molecule has 18 heavy (non-hydrogen) atoms. The van der Waals surface area contributed by atoms with Crippen molar-refractivity contribution in [3.8, 4) is 0 Å². The maximum atomic E-state index is 11.6. The first kappa shape index (κ1) is 13.8. The maximum absolute atomic E-state index is 11.6. The summed E-state index contributed by atoms with van der Waals surface area (Å²) in [7, 11) is 1.46. The number of hydrogen-bond acceptors (Lipinski definition) is 3. The van der Waals surface area contributed by atoms with E-state index in [1.165, 1.54) is 22.8 Å². The Bertz CT molecular complexity index is 442. The summed E-state index contributed by atoms with van der Waals surface area (Å²) in [6, 6.07) is 0. The molecular formula is C13H19IN2O2. The molecule has 100 valence electrons. The monoisotopic (exact) mass is 362 g/mol. The van der Waals surface area contributed by atoms with Crippen LogP contribution in [0.3, 0.4) is 0 Å². The second kappa shape index (κ2) is 6.04. The van der Waals surface area contributed by atoms with Gasteiger partial charge in [0.2, 0.25) is 0 Å². The van der Waals surface area contributed by atoms with Crippen LogP contribution in [0.4, 0.5) is 0 Å². The lowest BCUT2D eigenvalue weighted by Crippen LogP contribution is -2.23. The third-order valence-corrected chi connectivity index (χ3v) is 4.71. The Hall–Kier alpha value is -0.590. The standard InChI is InChI=1S/C13H19IN2O2/c1-3-4-7-16-12(14)10-6-5-9(13(17)18-2)8-11(10)15-16/h9H,3-8H2,1-2H3/t9-/m0/s1. The van der Waals surface area contributed by atoms with E-state index in [4.69, 9.17) is 4.74 Å². The number of fused-ring (bicyclic) bond motifs is 1. The second-order valence-corrected chi connectivity index (χ2v) is 5.78. The Balaban J connectivity index is 2.15. The Morgan fingerprint density at radius 2 is 2.39 bits per heavy atom. The number of carbonyl (C=O) groups excluding carboxylic acids is 1. The SMILES string of the molecule is CCCCn1nc2c(c1I)CC[C@H](C(=O)OC)C2. The number of aryl methyl sites for hydroxylation is 1. The summed E-state index contributed by atoms with van der Waals surface area (Å²) in [5.74, 6) is -0.105. The molecule has 0 radical (unpaired) electrons. The summed E-state index contributed by atoms with van der Waals surface area (Å²) in [6.07, 6.45) is 4.88. The van der Waals surface area contributed by atoms with E-state index in [0.29, 0.717) is 0 Å². The van der Waals surface area contributed by atoms with Crippen LogP contribution < -0.4 is 0 Å². The number of nitrogens with zero attached hydrogens (tertiary/aromatic N) is 2. The van der Waals surface area contributed by atoms with Gasteiger partial charge in [-0.2, -0.15) is 5.10 Å². The molecule has 1 aromatic rings. The molecule has 0 amide bonds. The van der Waals surface area contributed by atoms with Crippen LogP contribution in [0.25, 0.3) is 0 Å². The number of hydrogen-bond donors (Lipinski definition) is 0. The van der Waals surface area contributed by atoms with Gasteiger partial charge in [-0.3, -0.25) is 9.48 Å². The van der Waals surface area contributed by atoms with Gasteiger partial charge >= 0.3 is 5.97 Å². The number of methoxy groups -OCH3 is 1. The normalized spacial score (nSPS) is 18.5. The van der Waals surface area contributed by atoms with Gasteiger partial charge in [0.15, 0.2) is 0 Å². The molecule has 0 aliphatic heterocycles. The first-order valence-electron chi connectivity index (χ1n) is 6.49. The van der Waals surface area contributed by atoms with Crippen LogP contribution in [-0.4, -0.2) is 22.9 Å². The number of unbranched alkanes of at least 4 members (excludes halogenated alkanes) is 1. The predicted octanol–water partition coefficient (Wildman–Crippen LogP) is 2.57. The van der Waals surface area contributed by atoms with Crippen LogP contribution in [0.1, 0.15) is 37.4 Å². The lowest BCUT2D eigenvalue weighted by Gasteiger charge is -2.18. The van der Waals surface area contributed by atoms with Crippen LogP contribution in [0.15, 0.2) is 0 Å². The van der Waals surface area contributed by atoms with Crippen molar-refractivity contribution in [1.29, 1.82) is 0 Å². The summed E-state index contributed by atoms with van der Waals surface area (Å²) in [4.78, 5) is 11.6. The van der Waals surface area contributed by atoms with Crippen molar-refractivity contribution in [2.24, 2.45) is 5.92 Å². The van der Waals surface area contributed by atoms with E-state index in [2.05, 4.69) is 39.3 Å². The lowest BCUT2D eigenvalue weighted by atomic mass is 9.88. The Kier molecular flexibility index (Phi) is 4.64. The first-order valence-corrected chi connectivity index (χ1v) is 7.57. The van der Waals surface area contributed by atoms with Crippen molar-refractivity contribution in [2.45, 2.75) is 45.6 Å². The van der Waals surface area contributed by atoms with Gasteiger partial charge in [0.25, 0.3) is 0 Å². The average molecular weight is 362 g/mol. The largest absolute Gasteiger partial charge is 0.469 e. The summed E-state index contributed by atoms with van der Waals surface area (Å²) in [5, 5.41) is 4.66. The minimum atomic E-state index is -0.0984. The van der Waals surface area contributed by atoms with E-state index in [9.17, 15) is 4.79 Å². The minimum Gasteiger partial charge on any atom is -0.469 e. The van der Waals surface area contributed by atoms with E-state index in [0.717, 1.165) is 37.9 Å². The molecule has 0 spiro atoms. The lowest BCUT2D eigenvalue weighted by molar-refractivity contribution is -0.145. The molecule has 0 bridgehead atoms. The molecule has 0 fully saturated rings. The van der Waals surface area contributed by atoms with Crippen LogP contribution >= 0.6 is 22.6 Å². The van der Waals surface area contributed by atoms with Gasteiger partial charge in [0.1, 0.15) is 3.70 Å². The fourth-order valence-corrected chi connectivity index (χ4v) is 3.34. The molecule has 0 saturated heterocycles. The number of rotatable bonds is 4. The van der Waals surface area contributed by atoms with E-state index < -0.39 is 0 Å².